The van der Waals surface area contributed by atoms with Gasteiger partial charge in [0.1, 0.15) is 10.8 Å². The van der Waals surface area contributed by atoms with Crippen molar-refractivity contribution in [1.82, 2.24) is 16.0 Å². The molecule has 1 aliphatic carbocycles. The summed E-state index contributed by atoms with van der Waals surface area (Å²) in [7, 11) is 0. The molecular weight excluding hydrogens is 306 g/mol. The minimum atomic E-state index is -0.0727. The second-order valence-electron chi connectivity index (χ2n) is 6.39. The van der Waals surface area contributed by atoms with Gasteiger partial charge in [0, 0.05) is 36.5 Å². The van der Waals surface area contributed by atoms with E-state index in [2.05, 4.69) is 35.0 Å². The Labute approximate surface area is 134 Å². The van der Waals surface area contributed by atoms with Gasteiger partial charge in [0.15, 0.2) is 0 Å². The van der Waals surface area contributed by atoms with Crippen LogP contribution in [0.25, 0.3) is 0 Å². The molecule has 4 aliphatic rings. The standard InChI is InChI=1S/C15H20ClN3OS/c1-7-6-17-13-12-8-2-5-11(16)19-9(8)3-4-10(12)21-14(13)15(20)18-7/h2,4-5,7-9,11-14,17,19H,3,6H2,1H3,(H,18,20)/t7-,8?,9?,11?,12?,13?,14?/m1/s1. The van der Waals surface area contributed by atoms with E-state index in [9.17, 15) is 4.79 Å². The Morgan fingerprint density at radius 3 is 3.10 bits per heavy atom. The summed E-state index contributed by atoms with van der Waals surface area (Å²) in [4.78, 5) is 13.8. The van der Waals surface area contributed by atoms with E-state index in [1.807, 2.05) is 6.08 Å². The van der Waals surface area contributed by atoms with Crippen LogP contribution in [0.15, 0.2) is 23.1 Å². The first kappa shape index (κ1) is 14.1. The van der Waals surface area contributed by atoms with Crippen molar-refractivity contribution in [2.75, 3.05) is 6.54 Å². The second kappa shape index (κ2) is 5.30. The molecule has 2 fully saturated rings. The summed E-state index contributed by atoms with van der Waals surface area (Å²) in [6, 6.07) is 0.802. The Morgan fingerprint density at radius 1 is 1.38 bits per heavy atom. The Kier molecular flexibility index (Phi) is 3.57. The maximum atomic E-state index is 12.4. The lowest BCUT2D eigenvalue weighted by atomic mass is 9.74. The molecule has 0 spiro atoms. The zero-order chi connectivity index (χ0) is 14.6. The van der Waals surface area contributed by atoms with E-state index in [-0.39, 0.29) is 28.7 Å². The van der Waals surface area contributed by atoms with E-state index in [0.717, 1.165) is 13.0 Å². The smallest absolute Gasteiger partial charge is 0.235 e. The van der Waals surface area contributed by atoms with Gasteiger partial charge in [-0.25, -0.2) is 0 Å². The molecule has 3 heterocycles. The average Bonchev–Trinajstić information content (AvgIpc) is 2.77. The molecule has 6 unspecified atom stereocenters. The molecule has 0 aromatic carbocycles. The van der Waals surface area contributed by atoms with Crippen LogP contribution >= 0.6 is 23.4 Å². The van der Waals surface area contributed by atoms with Crippen molar-refractivity contribution < 1.29 is 4.79 Å². The Bertz CT molecular complexity index is 523. The fraction of sp³-hybridized carbons (Fsp3) is 0.667. The van der Waals surface area contributed by atoms with Gasteiger partial charge in [-0.2, -0.15) is 0 Å². The third-order valence-corrected chi connectivity index (χ3v) is 6.68. The molecule has 7 atom stereocenters. The number of nitrogens with one attached hydrogen (secondary N) is 3. The predicted molar refractivity (Wildman–Crippen MR) is 86.2 cm³/mol. The second-order valence-corrected chi connectivity index (χ2v) is 8.07. The lowest BCUT2D eigenvalue weighted by molar-refractivity contribution is -0.121. The highest BCUT2D eigenvalue weighted by atomic mass is 35.5. The SMILES string of the molecule is C[C@@H]1CNC2C(SC3=CCC4NC(Cl)C=CC4C32)C(=O)N1. The van der Waals surface area contributed by atoms with Crippen molar-refractivity contribution in [3.05, 3.63) is 23.1 Å². The van der Waals surface area contributed by atoms with Gasteiger partial charge in [0.05, 0.1) is 0 Å². The zero-order valence-electron chi connectivity index (χ0n) is 11.9. The molecule has 4 rings (SSSR count). The zero-order valence-corrected chi connectivity index (χ0v) is 13.5. The maximum absolute atomic E-state index is 12.4. The third-order valence-electron chi connectivity index (χ3n) is 4.94. The van der Waals surface area contributed by atoms with Crippen LogP contribution in [-0.4, -0.2) is 41.3 Å². The number of hydrogen-bond donors (Lipinski definition) is 3. The van der Waals surface area contributed by atoms with E-state index in [1.165, 1.54) is 4.91 Å². The van der Waals surface area contributed by atoms with Crippen LogP contribution in [0.4, 0.5) is 0 Å². The lowest BCUT2D eigenvalue weighted by Crippen LogP contribution is -2.52. The van der Waals surface area contributed by atoms with Gasteiger partial charge in [-0.1, -0.05) is 18.2 Å². The molecule has 1 amide bonds. The highest BCUT2D eigenvalue weighted by Gasteiger charge is 2.51. The van der Waals surface area contributed by atoms with Crippen LogP contribution in [0.5, 0.6) is 0 Å². The number of alkyl halides is 1. The van der Waals surface area contributed by atoms with Gasteiger partial charge in [-0.05, 0) is 18.2 Å². The summed E-state index contributed by atoms with van der Waals surface area (Å²) in [5.41, 5.74) is -0.0727. The normalized spacial score (nSPS) is 48.6. The van der Waals surface area contributed by atoms with E-state index in [4.69, 9.17) is 11.6 Å². The number of carbonyl (C=O) groups is 1. The van der Waals surface area contributed by atoms with E-state index in [1.54, 1.807) is 11.8 Å². The van der Waals surface area contributed by atoms with Gasteiger partial charge < -0.3 is 10.6 Å². The van der Waals surface area contributed by atoms with Crippen molar-refractivity contribution in [2.24, 2.45) is 11.8 Å². The van der Waals surface area contributed by atoms with Crippen molar-refractivity contribution >= 4 is 29.3 Å². The summed E-state index contributed by atoms with van der Waals surface area (Å²) in [6.45, 7) is 2.89. The number of thioether (sulfide) groups is 1. The number of amides is 1. The van der Waals surface area contributed by atoms with Gasteiger partial charge in [0.25, 0.3) is 0 Å². The molecule has 6 heteroatoms. The van der Waals surface area contributed by atoms with Crippen molar-refractivity contribution in [2.45, 2.75) is 42.2 Å². The number of fused-ring (bicyclic) bond motifs is 5. The molecule has 0 bridgehead atoms. The summed E-state index contributed by atoms with van der Waals surface area (Å²) in [5.74, 6) is 0.997. The Hall–Kier alpha value is -0.490. The molecule has 0 aromatic heterocycles. The highest BCUT2D eigenvalue weighted by molar-refractivity contribution is 8.04. The van der Waals surface area contributed by atoms with E-state index in [0.29, 0.717) is 17.9 Å². The first-order valence-electron chi connectivity index (χ1n) is 7.62. The quantitative estimate of drug-likeness (QED) is 0.356. The van der Waals surface area contributed by atoms with Crippen LogP contribution in [-0.2, 0) is 4.79 Å². The number of rotatable bonds is 0. The summed E-state index contributed by atoms with van der Waals surface area (Å²) < 4.78 is 0. The maximum Gasteiger partial charge on any atom is 0.235 e. The molecule has 0 aromatic rings. The Morgan fingerprint density at radius 2 is 2.24 bits per heavy atom. The van der Waals surface area contributed by atoms with E-state index < -0.39 is 0 Å². The largest absolute Gasteiger partial charge is 0.351 e. The van der Waals surface area contributed by atoms with Gasteiger partial charge in [0.2, 0.25) is 5.91 Å². The van der Waals surface area contributed by atoms with Crippen LogP contribution in [0.2, 0.25) is 0 Å². The monoisotopic (exact) mass is 325 g/mol. The number of carbonyl (C=O) groups excluding carboxylic acids is 1. The number of hydrogen-bond acceptors (Lipinski definition) is 4. The average molecular weight is 326 g/mol. The van der Waals surface area contributed by atoms with Crippen LogP contribution in [0.3, 0.4) is 0 Å². The summed E-state index contributed by atoms with van der Waals surface area (Å²) in [5, 5.41) is 10.2. The minimum absolute atomic E-state index is 0.00734. The molecule has 2 saturated heterocycles. The van der Waals surface area contributed by atoms with Crippen molar-refractivity contribution in [1.29, 1.82) is 0 Å². The van der Waals surface area contributed by atoms with Gasteiger partial charge >= 0.3 is 0 Å². The minimum Gasteiger partial charge on any atom is -0.351 e. The molecule has 21 heavy (non-hydrogen) atoms. The topological polar surface area (TPSA) is 53.2 Å². The predicted octanol–water partition coefficient (Wildman–Crippen LogP) is 1.19. The first-order valence-corrected chi connectivity index (χ1v) is 8.94. The summed E-state index contributed by atoms with van der Waals surface area (Å²) in [6.07, 6.45) is 7.60. The molecule has 0 saturated carbocycles. The fourth-order valence-corrected chi connectivity index (χ4v) is 5.77. The number of halogens is 1. The molecule has 4 nitrogen and oxygen atoms in total. The first-order chi connectivity index (χ1) is 10.1. The highest BCUT2D eigenvalue weighted by Crippen LogP contribution is 2.51. The van der Waals surface area contributed by atoms with Gasteiger partial charge in [-0.15, -0.1) is 23.4 Å². The lowest BCUT2D eigenvalue weighted by Gasteiger charge is -2.40. The van der Waals surface area contributed by atoms with Crippen LogP contribution < -0.4 is 16.0 Å². The van der Waals surface area contributed by atoms with E-state index >= 15 is 0 Å². The van der Waals surface area contributed by atoms with Gasteiger partial charge in [-0.3, -0.25) is 10.1 Å². The molecule has 3 N–H and O–H groups in total. The summed E-state index contributed by atoms with van der Waals surface area (Å²) >= 11 is 7.93. The third kappa shape index (κ3) is 2.34. The molecular formula is C15H20ClN3OS. The Balaban J connectivity index is 1.66. The van der Waals surface area contributed by atoms with Crippen LogP contribution in [0.1, 0.15) is 13.3 Å². The fourth-order valence-electron chi connectivity index (χ4n) is 3.99. The molecule has 3 aliphatic heterocycles. The van der Waals surface area contributed by atoms with Crippen LogP contribution in [0, 0.1) is 11.8 Å². The van der Waals surface area contributed by atoms with Crippen molar-refractivity contribution in [3.8, 4) is 0 Å². The molecule has 114 valence electrons. The molecule has 0 radical (unpaired) electrons. The van der Waals surface area contributed by atoms with Crippen molar-refractivity contribution in [3.63, 3.8) is 0 Å².